The summed E-state index contributed by atoms with van der Waals surface area (Å²) in [5.41, 5.74) is 1.15. The van der Waals surface area contributed by atoms with E-state index in [4.69, 9.17) is 9.84 Å². The third-order valence-electron chi connectivity index (χ3n) is 2.50. The Hall–Kier alpha value is -1.76. The Labute approximate surface area is 112 Å². The highest BCUT2D eigenvalue weighted by Crippen LogP contribution is 2.27. The fourth-order valence-corrected chi connectivity index (χ4v) is 2.28. The maximum Gasteiger partial charge on any atom is 0.323 e. The van der Waals surface area contributed by atoms with Gasteiger partial charge < -0.3 is 9.84 Å². The van der Waals surface area contributed by atoms with Crippen LogP contribution in [0.2, 0.25) is 0 Å². The molecule has 1 atom stereocenters. The number of carbonyl (C=O) groups is 1. The minimum Gasteiger partial charge on any atom is -0.492 e. The van der Waals surface area contributed by atoms with E-state index < -0.39 is 21.2 Å². The summed E-state index contributed by atoms with van der Waals surface area (Å²) in [5.74, 6) is -1.03. The second kappa shape index (κ2) is 5.92. The van der Waals surface area contributed by atoms with Gasteiger partial charge in [0, 0.05) is 0 Å². The molecule has 1 unspecified atom stereocenters. The number of hydrogen-bond donors (Lipinski definition) is 2. The summed E-state index contributed by atoms with van der Waals surface area (Å²) < 4.78 is 31.2. The number of benzene rings is 1. The standard InChI is InChI=1S/C12H17NO5S/c1-4-18-11-7-8(2)5-6-10(11)13-19(16,17)9(3)12(14)15/h5-7,9,13H,4H2,1-3H3,(H,14,15). The third kappa shape index (κ3) is 3.85. The van der Waals surface area contributed by atoms with Crippen LogP contribution in [-0.2, 0) is 14.8 Å². The van der Waals surface area contributed by atoms with Gasteiger partial charge >= 0.3 is 5.97 Å². The molecule has 0 bridgehead atoms. The van der Waals surface area contributed by atoms with Crippen LogP contribution in [0.4, 0.5) is 5.69 Å². The van der Waals surface area contributed by atoms with E-state index in [0.717, 1.165) is 12.5 Å². The van der Waals surface area contributed by atoms with Gasteiger partial charge in [0.25, 0.3) is 0 Å². The van der Waals surface area contributed by atoms with Gasteiger partial charge in [-0.1, -0.05) is 6.07 Å². The van der Waals surface area contributed by atoms with Crippen molar-refractivity contribution in [1.82, 2.24) is 0 Å². The summed E-state index contributed by atoms with van der Waals surface area (Å²) >= 11 is 0. The molecule has 1 aromatic rings. The van der Waals surface area contributed by atoms with E-state index in [2.05, 4.69) is 4.72 Å². The van der Waals surface area contributed by atoms with E-state index in [1.54, 1.807) is 25.1 Å². The fraction of sp³-hybridized carbons (Fsp3) is 0.417. The number of rotatable bonds is 6. The van der Waals surface area contributed by atoms with Crippen LogP contribution in [-0.4, -0.2) is 31.4 Å². The van der Waals surface area contributed by atoms with Gasteiger partial charge in [-0.3, -0.25) is 9.52 Å². The molecule has 6 nitrogen and oxygen atoms in total. The second-order valence-corrected chi connectivity index (χ2v) is 6.06. The van der Waals surface area contributed by atoms with E-state index >= 15 is 0 Å². The molecule has 0 fully saturated rings. The molecule has 0 saturated heterocycles. The Balaban J connectivity index is 3.08. The molecule has 0 aromatic heterocycles. The summed E-state index contributed by atoms with van der Waals surface area (Å²) in [6.45, 7) is 5.12. The largest absolute Gasteiger partial charge is 0.492 e. The van der Waals surface area contributed by atoms with Crippen molar-refractivity contribution in [2.45, 2.75) is 26.0 Å². The van der Waals surface area contributed by atoms with Crippen LogP contribution in [0, 0.1) is 6.92 Å². The van der Waals surface area contributed by atoms with Gasteiger partial charge in [0.2, 0.25) is 10.0 Å². The SMILES string of the molecule is CCOc1cc(C)ccc1NS(=O)(=O)C(C)C(=O)O. The van der Waals surface area contributed by atoms with Crippen LogP contribution >= 0.6 is 0 Å². The number of anilines is 1. The summed E-state index contributed by atoms with van der Waals surface area (Å²) in [5, 5.41) is 7.22. The van der Waals surface area contributed by atoms with Crippen molar-refractivity contribution >= 4 is 21.7 Å². The lowest BCUT2D eigenvalue weighted by Gasteiger charge is -2.15. The maximum absolute atomic E-state index is 11.8. The minimum absolute atomic E-state index is 0.237. The molecule has 19 heavy (non-hydrogen) atoms. The molecule has 0 aliphatic heterocycles. The van der Waals surface area contributed by atoms with Gasteiger partial charge in [0.1, 0.15) is 5.75 Å². The Morgan fingerprint density at radius 2 is 2.11 bits per heavy atom. The topological polar surface area (TPSA) is 92.7 Å². The zero-order chi connectivity index (χ0) is 14.6. The molecule has 0 amide bonds. The lowest BCUT2D eigenvalue weighted by atomic mass is 10.2. The first-order chi connectivity index (χ1) is 8.77. The van der Waals surface area contributed by atoms with E-state index in [1.807, 2.05) is 6.92 Å². The number of nitrogens with one attached hydrogen (secondary N) is 1. The molecule has 0 aliphatic carbocycles. The van der Waals surface area contributed by atoms with E-state index in [-0.39, 0.29) is 5.69 Å². The molecule has 7 heteroatoms. The molecule has 2 N–H and O–H groups in total. The maximum atomic E-state index is 11.8. The average molecular weight is 287 g/mol. The first kappa shape index (κ1) is 15.3. The van der Waals surface area contributed by atoms with Gasteiger partial charge in [-0.25, -0.2) is 8.42 Å². The van der Waals surface area contributed by atoms with Gasteiger partial charge in [0.05, 0.1) is 12.3 Å². The van der Waals surface area contributed by atoms with Crippen LogP contribution in [0.3, 0.4) is 0 Å². The van der Waals surface area contributed by atoms with Gasteiger partial charge in [-0.05, 0) is 38.5 Å². The number of aryl methyl sites for hydroxylation is 1. The number of carboxylic acid groups (broad SMARTS) is 1. The molecule has 1 rings (SSSR count). The number of ether oxygens (including phenoxy) is 1. The van der Waals surface area contributed by atoms with E-state index in [0.29, 0.717) is 12.4 Å². The zero-order valence-electron chi connectivity index (χ0n) is 11.0. The quantitative estimate of drug-likeness (QED) is 0.829. The molecule has 0 saturated carbocycles. The van der Waals surface area contributed by atoms with Crippen LogP contribution in [0.25, 0.3) is 0 Å². The highest BCUT2D eigenvalue weighted by molar-refractivity contribution is 7.94. The van der Waals surface area contributed by atoms with Crippen LogP contribution in [0.15, 0.2) is 18.2 Å². The van der Waals surface area contributed by atoms with Gasteiger partial charge in [-0.15, -0.1) is 0 Å². The first-order valence-corrected chi connectivity index (χ1v) is 7.30. The van der Waals surface area contributed by atoms with Crippen LogP contribution in [0.5, 0.6) is 5.75 Å². The van der Waals surface area contributed by atoms with E-state index in [9.17, 15) is 13.2 Å². The van der Waals surface area contributed by atoms with Crippen molar-refractivity contribution in [3.8, 4) is 5.75 Å². The molecule has 0 spiro atoms. The highest BCUT2D eigenvalue weighted by atomic mass is 32.2. The Bertz CT molecular complexity index is 567. The predicted molar refractivity (Wildman–Crippen MR) is 72.0 cm³/mol. The summed E-state index contributed by atoms with van der Waals surface area (Å²) in [7, 11) is -4.00. The lowest BCUT2D eigenvalue weighted by Crippen LogP contribution is -2.32. The van der Waals surface area contributed by atoms with Crippen molar-refractivity contribution in [3.63, 3.8) is 0 Å². The smallest absolute Gasteiger partial charge is 0.323 e. The molecular formula is C12H17NO5S. The van der Waals surface area contributed by atoms with Crippen molar-refractivity contribution in [2.24, 2.45) is 0 Å². The molecule has 0 aliphatic rings. The second-order valence-electron chi connectivity index (χ2n) is 4.06. The lowest BCUT2D eigenvalue weighted by molar-refractivity contribution is -0.136. The summed E-state index contributed by atoms with van der Waals surface area (Å²) in [6.07, 6.45) is 0. The number of hydrogen-bond acceptors (Lipinski definition) is 4. The summed E-state index contributed by atoms with van der Waals surface area (Å²) in [4.78, 5) is 10.8. The van der Waals surface area contributed by atoms with Crippen molar-refractivity contribution < 1.29 is 23.1 Å². The molecule has 1 aromatic carbocycles. The van der Waals surface area contributed by atoms with Crippen molar-refractivity contribution in [3.05, 3.63) is 23.8 Å². The zero-order valence-corrected chi connectivity index (χ0v) is 11.8. The van der Waals surface area contributed by atoms with Crippen molar-refractivity contribution in [1.29, 1.82) is 0 Å². The average Bonchev–Trinajstić information content (AvgIpc) is 2.31. The number of carboxylic acids is 1. The molecule has 106 valence electrons. The third-order valence-corrected chi connectivity index (χ3v) is 4.14. The van der Waals surface area contributed by atoms with E-state index in [1.165, 1.54) is 0 Å². The fourth-order valence-electron chi connectivity index (χ4n) is 1.36. The van der Waals surface area contributed by atoms with Crippen LogP contribution < -0.4 is 9.46 Å². The molecule has 0 heterocycles. The normalized spacial score (nSPS) is 12.8. The Morgan fingerprint density at radius 1 is 1.47 bits per heavy atom. The minimum atomic E-state index is -4.00. The van der Waals surface area contributed by atoms with Crippen LogP contribution in [0.1, 0.15) is 19.4 Å². The Kier molecular flexibility index (Phi) is 4.77. The van der Waals surface area contributed by atoms with Gasteiger partial charge in [0.15, 0.2) is 5.25 Å². The monoisotopic (exact) mass is 287 g/mol. The predicted octanol–water partition coefficient (Wildman–Crippen LogP) is 1.61. The molecule has 0 radical (unpaired) electrons. The van der Waals surface area contributed by atoms with Crippen molar-refractivity contribution in [2.75, 3.05) is 11.3 Å². The molecular weight excluding hydrogens is 270 g/mol. The Morgan fingerprint density at radius 3 is 2.63 bits per heavy atom. The van der Waals surface area contributed by atoms with Gasteiger partial charge in [-0.2, -0.15) is 0 Å². The highest BCUT2D eigenvalue weighted by Gasteiger charge is 2.28. The number of sulfonamides is 1. The number of aliphatic carboxylic acids is 1. The summed E-state index contributed by atoms with van der Waals surface area (Å²) in [6, 6.07) is 4.95. The first-order valence-electron chi connectivity index (χ1n) is 5.75.